The molecule has 1 aliphatic heterocycles. The van der Waals surface area contributed by atoms with Crippen LogP contribution in [0.1, 0.15) is 20.3 Å². The zero-order valence-corrected chi connectivity index (χ0v) is 8.18. The molecule has 0 aromatic carbocycles. The van der Waals surface area contributed by atoms with Gasteiger partial charge in [0.1, 0.15) is 0 Å². The van der Waals surface area contributed by atoms with Crippen LogP contribution in [0.4, 0.5) is 0 Å². The molecule has 0 aromatic heterocycles. The Morgan fingerprint density at radius 2 is 2.00 bits per heavy atom. The van der Waals surface area contributed by atoms with Crippen molar-refractivity contribution >= 4 is 0 Å². The number of aliphatic hydroxyl groups excluding tert-OH is 2. The Morgan fingerprint density at radius 3 is 2.46 bits per heavy atom. The first-order valence-electron chi connectivity index (χ1n) is 4.81. The Balaban J connectivity index is 2.66. The molecule has 0 bridgehead atoms. The van der Waals surface area contributed by atoms with E-state index in [0.717, 1.165) is 6.42 Å². The normalized spacial score (nSPS) is 46.4. The molecular formula is C9H19NO3. The van der Waals surface area contributed by atoms with Crippen molar-refractivity contribution in [2.24, 2.45) is 11.7 Å². The lowest BCUT2D eigenvalue weighted by Gasteiger charge is -2.41. The maximum Gasteiger partial charge on any atom is 0.0860 e. The van der Waals surface area contributed by atoms with Gasteiger partial charge in [-0.1, -0.05) is 13.8 Å². The molecule has 0 spiro atoms. The van der Waals surface area contributed by atoms with Crippen LogP contribution < -0.4 is 5.73 Å². The minimum atomic E-state index is -0.573. The van der Waals surface area contributed by atoms with Crippen LogP contribution in [0.5, 0.6) is 0 Å². The molecule has 1 aliphatic rings. The van der Waals surface area contributed by atoms with Crippen LogP contribution in [0.15, 0.2) is 0 Å². The SMILES string of the molecule is CCC1OC(CO)[C@H](C)C(O)C1N. The van der Waals surface area contributed by atoms with Gasteiger partial charge < -0.3 is 20.7 Å². The number of nitrogens with two attached hydrogens (primary N) is 1. The lowest BCUT2D eigenvalue weighted by molar-refractivity contribution is -0.156. The zero-order valence-electron chi connectivity index (χ0n) is 8.18. The molecule has 13 heavy (non-hydrogen) atoms. The first-order valence-corrected chi connectivity index (χ1v) is 4.81. The summed E-state index contributed by atoms with van der Waals surface area (Å²) in [6, 6.07) is -0.331. The second kappa shape index (κ2) is 4.37. The summed E-state index contributed by atoms with van der Waals surface area (Å²) < 4.78 is 5.54. The summed E-state index contributed by atoms with van der Waals surface area (Å²) in [4.78, 5) is 0. The van der Waals surface area contributed by atoms with E-state index in [1.54, 1.807) is 0 Å². The van der Waals surface area contributed by atoms with E-state index in [-0.39, 0.29) is 30.8 Å². The summed E-state index contributed by atoms with van der Waals surface area (Å²) in [5, 5.41) is 18.7. The summed E-state index contributed by atoms with van der Waals surface area (Å²) in [5.41, 5.74) is 5.78. The Morgan fingerprint density at radius 1 is 1.38 bits per heavy atom. The highest BCUT2D eigenvalue weighted by atomic mass is 16.5. The van der Waals surface area contributed by atoms with E-state index >= 15 is 0 Å². The van der Waals surface area contributed by atoms with Crippen molar-refractivity contribution in [2.75, 3.05) is 6.61 Å². The second-order valence-electron chi connectivity index (χ2n) is 3.73. The molecule has 0 amide bonds. The number of rotatable bonds is 2. The first kappa shape index (κ1) is 10.9. The van der Waals surface area contributed by atoms with Crippen LogP contribution in [-0.4, -0.2) is 41.2 Å². The summed E-state index contributed by atoms with van der Waals surface area (Å²) in [5.74, 6) is -0.0946. The predicted octanol–water partition coefficient (Wildman–Crippen LogP) is -0.520. The van der Waals surface area contributed by atoms with Gasteiger partial charge in [0.25, 0.3) is 0 Å². The van der Waals surface area contributed by atoms with Gasteiger partial charge in [-0.25, -0.2) is 0 Å². The number of hydrogen-bond donors (Lipinski definition) is 3. The molecule has 5 atom stereocenters. The molecule has 4 heteroatoms. The summed E-state index contributed by atoms with van der Waals surface area (Å²) >= 11 is 0. The molecule has 1 fully saturated rings. The minimum Gasteiger partial charge on any atom is -0.394 e. The molecule has 0 saturated carbocycles. The minimum absolute atomic E-state index is 0.0541. The standard InChI is InChI=1S/C9H19NO3/c1-3-6-8(10)9(12)5(2)7(4-11)13-6/h5-9,11-12H,3-4,10H2,1-2H3/t5-,6?,7?,8?,9?/m0/s1. The summed E-state index contributed by atoms with van der Waals surface area (Å²) in [6.07, 6.45) is -0.222. The van der Waals surface area contributed by atoms with Gasteiger partial charge in [-0.15, -0.1) is 0 Å². The molecule has 0 radical (unpaired) electrons. The third-order valence-electron chi connectivity index (χ3n) is 2.88. The Labute approximate surface area is 78.7 Å². The van der Waals surface area contributed by atoms with E-state index in [1.165, 1.54) is 0 Å². The van der Waals surface area contributed by atoms with E-state index in [9.17, 15) is 5.11 Å². The van der Waals surface area contributed by atoms with Gasteiger partial charge in [-0.05, 0) is 6.42 Å². The van der Waals surface area contributed by atoms with Gasteiger partial charge >= 0.3 is 0 Å². The van der Waals surface area contributed by atoms with Gasteiger partial charge in [-0.3, -0.25) is 0 Å². The van der Waals surface area contributed by atoms with Gasteiger partial charge in [0.05, 0.1) is 31.0 Å². The zero-order chi connectivity index (χ0) is 10.0. The predicted molar refractivity (Wildman–Crippen MR) is 49.2 cm³/mol. The fraction of sp³-hybridized carbons (Fsp3) is 1.00. The van der Waals surface area contributed by atoms with Crippen molar-refractivity contribution in [2.45, 2.75) is 44.6 Å². The third-order valence-corrected chi connectivity index (χ3v) is 2.88. The van der Waals surface area contributed by atoms with Crippen molar-refractivity contribution < 1.29 is 14.9 Å². The maximum atomic E-state index is 9.73. The van der Waals surface area contributed by atoms with E-state index in [1.807, 2.05) is 13.8 Å². The highest BCUT2D eigenvalue weighted by molar-refractivity contribution is 4.91. The lowest BCUT2D eigenvalue weighted by Crippen LogP contribution is -2.58. The molecule has 0 aromatic rings. The fourth-order valence-electron chi connectivity index (χ4n) is 1.81. The van der Waals surface area contributed by atoms with Crippen molar-refractivity contribution in [1.82, 2.24) is 0 Å². The fourth-order valence-corrected chi connectivity index (χ4v) is 1.81. The van der Waals surface area contributed by atoms with Crippen molar-refractivity contribution in [3.05, 3.63) is 0 Å². The largest absolute Gasteiger partial charge is 0.394 e. The van der Waals surface area contributed by atoms with E-state index in [2.05, 4.69) is 0 Å². The van der Waals surface area contributed by atoms with Crippen LogP contribution in [0.25, 0.3) is 0 Å². The van der Waals surface area contributed by atoms with Gasteiger partial charge in [0.15, 0.2) is 0 Å². The molecule has 4 nitrogen and oxygen atoms in total. The summed E-state index contributed by atoms with van der Waals surface area (Å²) in [7, 11) is 0. The van der Waals surface area contributed by atoms with E-state index in [4.69, 9.17) is 15.6 Å². The summed E-state index contributed by atoms with van der Waals surface area (Å²) in [6.45, 7) is 3.75. The van der Waals surface area contributed by atoms with E-state index in [0.29, 0.717) is 0 Å². The smallest absolute Gasteiger partial charge is 0.0860 e. The Kier molecular flexibility index (Phi) is 3.67. The van der Waals surface area contributed by atoms with E-state index < -0.39 is 6.10 Å². The average molecular weight is 189 g/mol. The van der Waals surface area contributed by atoms with Crippen LogP contribution >= 0.6 is 0 Å². The monoisotopic (exact) mass is 189 g/mol. The number of ether oxygens (including phenoxy) is 1. The highest BCUT2D eigenvalue weighted by Gasteiger charge is 2.39. The molecule has 1 heterocycles. The topological polar surface area (TPSA) is 75.7 Å². The van der Waals surface area contributed by atoms with Gasteiger partial charge in [0, 0.05) is 5.92 Å². The molecule has 4 N–H and O–H groups in total. The van der Waals surface area contributed by atoms with Crippen molar-refractivity contribution in [3.8, 4) is 0 Å². The highest BCUT2D eigenvalue weighted by Crippen LogP contribution is 2.25. The molecule has 0 aliphatic carbocycles. The molecule has 1 saturated heterocycles. The van der Waals surface area contributed by atoms with Crippen molar-refractivity contribution in [1.29, 1.82) is 0 Å². The Hall–Kier alpha value is -0.160. The Bertz CT molecular complexity index is 145. The maximum absolute atomic E-state index is 9.73. The van der Waals surface area contributed by atoms with Crippen molar-refractivity contribution in [3.63, 3.8) is 0 Å². The quantitative estimate of drug-likeness (QED) is 0.546. The third kappa shape index (κ3) is 2.02. The number of hydrogen-bond acceptors (Lipinski definition) is 4. The lowest BCUT2D eigenvalue weighted by atomic mass is 9.86. The average Bonchev–Trinajstić information content (AvgIpc) is 2.15. The molecule has 78 valence electrons. The van der Waals surface area contributed by atoms with Crippen LogP contribution in [0, 0.1) is 5.92 Å². The number of aliphatic hydroxyl groups is 2. The van der Waals surface area contributed by atoms with Crippen LogP contribution in [-0.2, 0) is 4.74 Å². The second-order valence-corrected chi connectivity index (χ2v) is 3.73. The van der Waals surface area contributed by atoms with Gasteiger partial charge in [0.2, 0.25) is 0 Å². The van der Waals surface area contributed by atoms with Gasteiger partial charge in [-0.2, -0.15) is 0 Å². The van der Waals surface area contributed by atoms with Crippen LogP contribution in [0.2, 0.25) is 0 Å². The van der Waals surface area contributed by atoms with Crippen LogP contribution in [0.3, 0.4) is 0 Å². The molecular weight excluding hydrogens is 170 g/mol. The molecule has 1 rings (SSSR count). The first-order chi connectivity index (χ1) is 6.11. The molecule has 4 unspecified atom stereocenters.